The molecule has 1 atom stereocenters. The molecule has 1 aromatic carbocycles. The molecule has 1 aliphatic heterocycles. The number of aliphatic hydroxyl groups excluding tert-OH is 1. The number of benzene rings is 1. The molecule has 164 valence electrons. The fourth-order valence-corrected chi connectivity index (χ4v) is 4.82. The molecule has 8 nitrogen and oxygen atoms in total. The van der Waals surface area contributed by atoms with Crippen LogP contribution in [0, 0.1) is 11.7 Å². The summed E-state index contributed by atoms with van der Waals surface area (Å²) in [7, 11) is 0. The Morgan fingerprint density at radius 1 is 1.20 bits per heavy atom. The van der Waals surface area contributed by atoms with Crippen LogP contribution in [0.15, 0.2) is 18.2 Å². The molecular weight excluding hydrogens is 415 g/mol. The van der Waals surface area contributed by atoms with Crippen molar-refractivity contribution in [1.29, 1.82) is 0 Å². The third-order valence-corrected chi connectivity index (χ3v) is 6.86. The summed E-state index contributed by atoms with van der Waals surface area (Å²) in [5, 5.41) is 16.9. The van der Waals surface area contributed by atoms with Crippen LogP contribution in [0.3, 0.4) is 0 Å². The zero-order chi connectivity index (χ0) is 21.4. The summed E-state index contributed by atoms with van der Waals surface area (Å²) in [5.74, 6) is -0.949. The summed E-state index contributed by atoms with van der Waals surface area (Å²) >= 11 is 5.64. The highest BCUT2D eigenvalue weighted by Crippen LogP contribution is 2.47. The van der Waals surface area contributed by atoms with E-state index in [1.165, 1.54) is 12.1 Å². The van der Waals surface area contributed by atoms with E-state index in [1.807, 2.05) is 0 Å². The molecule has 5 N–H and O–H groups in total. The van der Waals surface area contributed by atoms with Crippen LogP contribution in [-0.2, 0) is 9.59 Å². The minimum Gasteiger partial charge on any atom is -0.484 e. The Kier molecular flexibility index (Phi) is 5.89. The fourth-order valence-electron chi connectivity index (χ4n) is 4.70. The Labute approximate surface area is 178 Å². The van der Waals surface area contributed by atoms with Gasteiger partial charge in [0.05, 0.1) is 22.6 Å². The molecule has 4 fully saturated rings. The Morgan fingerprint density at radius 3 is 2.53 bits per heavy atom. The normalized spacial score (nSPS) is 30.8. The van der Waals surface area contributed by atoms with Crippen molar-refractivity contribution in [3.63, 3.8) is 0 Å². The van der Waals surface area contributed by atoms with E-state index in [2.05, 4.69) is 21.5 Å². The fraction of sp³-hybridized carbons (Fsp3) is 0.600. The average molecular weight is 441 g/mol. The van der Waals surface area contributed by atoms with E-state index in [4.69, 9.17) is 16.3 Å². The quantitative estimate of drug-likeness (QED) is 0.443. The summed E-state index contributed by atoms with van der Waals surface area (Å²) < 4.78 is 18.9. The maximum absolute atomic E-state index is 13.5. The van der Waals surface area contributed by atoms with Crippen LogP contribution in [0.25, 0.3) is 0 Å². The van der Waals surface area contributed by atoms with Gasteiger partial charge in [-0.1, -0.05) is 11.6 Å². The monoisotopic (exact) mass is 440 g/mol. The Hall–Kier alpha value is -1.94. The topological polar surface area (TPSA) is 112 Å². The first-order valence-corrected chi connectivity index (χ1v) is 10.5. The lowest BCUT2D eigenvalue weighted by molar-refractivity contribution is -0.137. The number of hydrogen-bond donors (Lipinski definition) is 5. The second-order valence-corrected chi connectivity index (χ2v) is 8.92. The molecule has 30 heavy (non-hydrogen) atoms. The van der Waals surface area contributed by atoms with Gasteiger partial charge in [-0.3, -0.25) is 20.4 Å². The first kappa shape index (κ1) is 21.3. The maximum atomic E-state index is 13.5. The molecule has 0 aromatic heterocycles. The van der Waals surface area contributed by atoms with Crippen LogP contribution in [-0.4, -0.2) is 53.8 Å². The van der Waals surface area contributed by atoms with Crippen LogP contribution in [0.4, 0.5) is 4.39 Å². The van der Waals surface area contributed by atoms with E-state index >= 15 is 0 Å². The summed E-state index contributed by atoms with van der Waals surface area (Å²) in [4.78, 5) is 25.0. The van der Waals surface area contributed by atoms with Crippen LogP contribution in [0.2, 0.25) is 5.02 Å². The molecule has 2 bridgehead atoms. The molecule has 1 unspecified atom stereocenters. The lowest BCUT2D eigenvalue weighted by Crippen LogP contribution is -2.70. The van der Waals surface area contributed by atoms with E-state index in [-0.39, 0.29) is 35.1 Å². The van der Waals surface area contributed by atoms with Gasteiger partial charge in [-0.15, -0.1) is 0 Å². The number of carbonyl (C=O) groups is 2. The van der Waals surface area contributed by atoms with E-state index in [1.54, 1.807) is 0 Å². The molecular formula is C20H26ClFN4O4. The lowest BCUT2D eigenvalue weighted by Gasteiger charge is -2.56. The number of halogens is 2. The Morgan fingerprint density at radius 2 is 1.90 bits per heavy atom. The number of hydrogen-bond acceptors (Lipinski definition) is 6. The van der Waals surface area contributed by atoms with Gasteiger partial charge in [-0.2, -0.15) is 0 Å². The third kappa shape index (κ3) is 4.25. The molecule has 0 radical (unpaired) electrons. The maximum Gasteiger partial charge on any atom is 0.258 e. The molecule has 2 amide bonds. The third-order valence-electron chi connectivity index (χ3n) is 6.55. The second kappa shape index (κ2) is 8.30. The number of amides is 2. The number of ether oxygens (including phenoxy) is 1. The van der Waals surface area contributed by atoms with Gasteiger partial charge in [0, 0.05) is 24.7 Å². The minimum atomic E-state index is -0.738. The van der Waals surface area contributed by atoms with Crippen LogP contribution < -0.4 is 26.2 Å². The summed E-state index contributed by atoms with van der Waals surface area (Å²) in [6, 6.07) is 3.99. The highest BCUT2D eigenvalue weighted by Gasteiger charge is 2.55. The van der Waals surface area contributed by atoms with Crippen molar-refractivity contribution in [1.82, 2.24) is 21.5 Å². The molecule has 3 aliphatic carbocycles. The van der Waals surface area contributed by atoms with E-state index in [0.29, 0.717) is 45.2 Å². The van der Waals surface area contributed by atoms with Gasteiger partial charge in [0.25, 0.3) is 5.91 Å². The van der Waals surface area contributed by atoms with Gasteiger partial charge in [0.2, 0.25) is 5.91 Å². The van der Waals surface area contributed by atoms with Gasteiger partial charge in [-0.25, -0.2) is 4.39 Å². The highest BCUT2D eigenvalue weighted by molar-refractivity contribution is 6.30. The number of carbonyl (C=O) groups excluding carboxylic acids is 2. The van der Waals surface area contributed by atoms with E-state index in [0.717, 1.165) is 6.07 Å². The number of rotatable bonds is 6. The van der Waals surface area contributed by atoms with Crippen molar-refractivity contribution >= 4 is 23.4 Å². The van der Waals surface area contributed by atoms with Crippen molar-refractivity contribution in [3.8, 4) is 5.75 Å². The Bertz CT molecular complexity index is 825. The smallest absolute Gasteiger partial charge is 0.258 e. The number of hydrazine groups is 1. The van der Waals surface area contributed by atoms with Crippen molar-refractivity contribution in [2.45, 2.75) is 49.3 Å². The summed E-state index contributed by atoms with van der Waals surface area (Å²) in [6.07, 6.45) is 2.14. The van der Waals surface area contributed by atoms with E-state index in [9.17, 15) is 19.1 Å². The molecule has 1 heterocycles. The van der Waals surface area contributed by atoms with Gasteiger partial charge >= 0.3 is 0 Å². The zero-order valence-corrected chi connectivity index (χ0v) is 17.2. The lowest BCUT2D eigenvalue weighted by atomic mass is 9.59. The van der Waals surface area contributed by atoms with Crippen molar-refractivity contribution < 1.29 is 23.8 Å². The molecule has 10 heteroatoms. The van der Waals surface area contributed by atoms with Crippen LogP contribution in [0.5, 0.6) is 5.75 Å². The summed E-state index contributed by atoms with van der Waals surface area (Å²) in [6.45, 7) is 0.869. The van der Waals surface area contributed by atoms with Gasteiger partial charge in [0.1, 0.15) is 11.6 Å². The van der Waals surface area contributed by atoms with Crippen molar-refractivity contribution in [2.75, 3.05) is 19.7 Å². The zero-order valence-electron chi connectivity index (χ0n) is 16.5. The SMILES string of the molecule is O=C(COc1ccc(Cl)c(F)c1)NC12CCC(NC(=O)C3CNNC3)(CC1)C(O)C2. The molecule has 5 rings (SSSR count). The van der Waals surface area contributed by atoms with Crippen LogP contribution in [0.1, 0.15) is 32.1 Å². The number of nitrogens with one attached hydrogen (secondary N) is 4. The van der Waals surface area contributed by atoms with Gasteiger partial charge in [-0.05, 0) is 44.2 Å². The van der Waals surface area contributed by atoms with Gasteiger partial charge in [0.15, 0.2) is 6.61 Å². The largest absolute Gasteiger partial charge is 0.484 e. The van der Waals surface area contributed by atoms with Crippen molar-refractivity contribution in [2.24, 2.45) is 5.92 Å². The Balaban J connectivity index is 1.31. The molecule has 4 aliphatic rings. The molecule has 1 aromatic rings. The first-order chi connectivity index (χ1) is 14.3. The molecule has 3 saturated carbocycles. The van der Waals surface area contributed by atoms with E-state index < -0.39 is 23.0 Å². The van der Waals surface area contributed by atoms with Crippen LogP contribution >= 0.6 is 11.6 Å². The van der Waals surface area contributed by atoms with Crippen molar-refractivity contribution in [3.05, 3.63) is 29.0 Å². The highest BCUT2D eigenvalue weighted by atomic mass is 35.5. The minimum absolute atomic E-state index is 0.0138. The second-order valence-electron chi connectivity index (χ2n) is 8.52. The average Bonchev–Trinajstić information content (AvgIpc) is 3.25. The first-order valence-electron chi connectivity index (χ1n) is 10.2. The molecule has 0 spiro atoms. The molecule has 1 saturated heterocycles. The number of aliphatic hydroxyl groups is 1. The number of fused-ring (bicyclic) bond motifs is 3. The predicted molar refractivity (Wildman–Crippen MR) is 107 cm³/mol. The summed E-state index contributed by atoms with van der Waals surface area (Å²) in [5.41, 5.74) is 4.72. The predicted octanol–water partition coefficient (Wildman–Crippen LogP) is 0.631. The van der Waals surface area contributed by atoms with Gasteiger partial charge < -0.3 is 20.5 Å². The standard InChI is InChI=1S/C20H26ClFN4O4/c21-14-2-1-13(7-15(14)22)30-11-17(28)25-19-3-5-20(6-4-19,16(27)8-19)26-18(29)12-9-23-24-10-12/h1-2,7,12,16,23-24,27H,3-6,8-11H2,(H,25,28)(H,26,29).